The zero-order chi connectivity index (χ0) is 13.8. The number of pyridine rings is 1. The molecular formula is C14H15ClFN3. The first kappa shape index (κ1) is 13.9. The second kappa shape index (κ2) is 6.10. The monoisotopic (exact) mass is 279 g/mol. The molecule has 1 atom stereocenters. The van der Waals surface area contributed by atoms with Gasteiger partial charge < -0.3 is 0 Å². The van der Waals surface area contributed by atoms with Crippen molar-refractivity contribution in [2.45, 2.75) is 19.4 Å². The van der Waals surface area contributed by atoms with Crippen LogP contribution in [-0.4, -0.2) is 4.98 Å². The molecule has 0 saturated carbocycles. The van der Waals surface area contributed by atoms with Gasteiger partial charge in [-0.1, -0.05) is 11.6 Å². The summed E-state index contributed by atoms with van der Waals surface area (Å²) in [5.74, 6) is 5.30. The van der Waals surface area contributed by atoms with E-state index in [-0.39, 0.29) is 11.9 Å². The van der Waals surface area contributed by atoms with E-state index in [9.17, 15) is 4.39 Å². The van der Waals surface area contributed by atoms with E-state index in [2.05, 4.69) is 10.4 Å². The van der Waals surface area contributed by atoms with Crippen LogP contribution in [0.1, 0.15) is 22.7 Å². The maximum Gasteiger partial charge on any atom is 0.126 e. The second-order valence-corrected chi connectivity index (χ2v) is 4.83. The Morgan fingerprint density at radius 1 is 1.42 bits per heavy atom. The molecule has 0 bridgehead atoms. The molecule has 3 nitrogen and oxygen atoms in total. The number of hydrogen-bond acceptors (Lipinski definition) is 3. The van der Waals surface area contributed by atoms with Crippen LogP contribution >= 0.6 is 11.6 Å². The fourth-order valence-electron chi connectivity index (χ4n) is 2.05. The maximum absolute atomic E-state index is 13.7. The van der Waals surface area contributed by atoms with Crippen molar-refractivity contribution in [2.75, 3.05) is 0 Å². The standard InChI is InChI=1S/C14H15ClFN3/c1-9-8-18-5-4-12(9)14(19-17)7-10-6-11(15)2-3-13(10)16/h2-6,8,14,19H,7,17H2,1H3. The Hall–Kier alpha value is -1.49. The van der Waals surface area contributed by atoms with Gasteiger partial charge in [0.15, 0.2) is 0 Å². The van der Waals surface area contributed by atoms with Crippen LogP contribution in [0, 0.1) is 12.7 Å². The molecular weight excluding hydrogens is 265 g/mol. The van der Waals surface area contributed by atoms with Crippen LogP contribution in [-0.2, 0) is 6.42 Å². The van der Waals surface area contributed by atoms with Crippen molar-refractivity contribution in [1.82, 2.24) is 10.4 Å². The van der Waals surface area contributed by atoms with Crippen molar-refractivity contribution >= 4 is 11.6 Å². The predicted molar refractivity (Wildman–Crippen MR) is 74.2 cm³/mol. The van der Waals surface area contributed by atoms with Crippen LogP contribution < -0.4 is 11.3 Å². The third-order valence-corrected chi connectivity index (χ3v) is 3.31. The summed E-state index contributed by atoms with van der Waals surface area (Å²) in [6, 6.07) is 6.21. The van der Waals surface area contributed by atoms with Gasteiger partial charge in [0, 0.05) is 17.4 Å². The number of aromatic nitrogens is 1. The molecule has 0 spiro atoms. The molecule has 5 heteroatoms. The average Bonchev–Trinajstić information content (AvgIpc) is 2.41. The fraction of sp³-hybridized carbons (Fsp3) is 0.214. The number of benzene rings is 1. The Labute approximate surface area is 116 Å². The molecule has 100 valence electrons. The van der Waals surface area contributed by atoms with E-state index in [1.54, 1.807) is 18.5 Å². The van der Waals surface area contributed by atoms with Crippen molar-refractivity contribution in [2.24, 2.45) is 5.84 Å². The smallest absolute Gasteiger partial charge is 0.126 e. The summed E-state index contributed by atoms with van der Waals surface area (Å²) in [7, 11) is 0. The number of halogens is 2. The number of rotatable bonds is 4. The van der Waals surface area contributed by atoms with Gasteiger partial charge in [-0.3, -0.25) is 16.3 Å². The van der Waals surface area contributed by atoms with Crippen molar-refractivity contribution in [1.29, 1.82) is 0 Å². The van der Waals surface area contributed by atoms with Gasteiger partial charge >= 0.3 is 0 Å². The van der Waals surface area contributed by atoms with Gasteiger partial charge in [-0.2, -0.15) is 0 Å². The normalized spacial score (nSPS) is 12.4. The summed E-state index contributed by atoms with van der Waals surface area (Å²) in [5.41, 5.74) is 5.26. The summed E-state index contributed by atoms with van der Waals surface area (Å²) in [6.07, 6.45) is 3.88. The Kier molecular flexibility index (Phi) is 4.47. The van der Waals surface area contributed by atoms with Crippen LogP contribution in [0.3, 0.4) is 0 Å². The van der Waals surface area contributed by atoms with Crippen LogP contribution in [0.2, 0.25) is 5.02 Å². The predicted octanol–water partition coefficient (Wildman–Crippen LogP) is 2.93. The molecule has 0 fully saturated rings. The lowest BCUT2D eigenvalue weighted by Crippen LogP contribution is -2.30. The SMILES string of the molecule is Cc1cnccc1C(Cc1cc(Cl)ccc1F)NN. The van der Waals surface area contributed by atoms with Crippen molar-refractivity contribution in [3.63, 3.8) is 0 Å². The van der Waals surface area contributed by atoms with Crippen LogP contribution in [0.4, 0.5) is 4.39 Å². The van der Waals surface area contributed by atoms with Gasteiger partial charge in [-0.15, -0.1) is 0 Å². The van der Waals surface area contributed by atoms with Crippen LogP contribution in [0.15, 0.2) is 36.7 Å². The molecule has 0 aliphatic heterocycles. The van der Waals surface area contributed by atoms with E-state index in [0.717, 1.165) is 11.1 Å². The number of aryl methyl sites for hydroxylation is 1. The first-order valence-corrected chi connectivity index (χ1v) is 6.30. The molecule has 1 aromatic carbocycles. The summed E-state index contributed by atoms with van der Waals surface area (Å²) >= 11 is 5.89. The number of nitrogens with one attached hydrogen (secondary N) is 1. The molecule has 1 unspecified atom stereocenters. The van der Waals surface area contributed by atoms with E-state index < -0.39 is 0 Å². The van der Waals surface area contributed by atoms with Gasteiger partial charge in [0.2, 0.25) is 0 Å². The molecule has 0 saturated heterocycles. The van der Waals surface area contributed by atoms with Crippen molar-refractivity contribution < 1.29 is 4.39 Å². The summed E-state index contributed by atoms with van der Waals surface area (Å²) in [4.78, 5) is 4.04. The van der Waals surface area contributed by atoms with Crippen molar-refractivity contribution in [3.05, 3.63) is 64.2 Å². The molecule has 2 rings (SSSR count). The molecule has 0 aliphatic carbocycles. The number of nitrogens with zero attached hydrogens (tertiary/aromatic N) is 1. The molecule has 1 heterocycles. The molecule has 0 amide bonds. The van der Waals surface area contributed by atoms with Gasteiger partial charge in [-0.25, -0.2) is 4.39 Å². The number of hydrazine groups is 1. The van der Waals surface area contributed by atoms with Gasteiger partial charge in [-0.05, 0) is 54.3 Å². The topological polar surface area (TPSA) is 50.9 Å². The number of nitrogens with two attached hydrogens (primary N) is 1. The lowest BCUT2D eigenvalue weighted by Gasteiger charge is -2.18. The third-order valence-electron chi connectivity index (χ3n) is 3.07. The van der Waals surface area contributed by atoms with E-state index in [1.807, 2.05) is 13.0 Å². The quantitative estimate of drug-likeness (QED) is 0.668. The van der Waals surface area contributed by atoms with Gasteiger partial charge in [0.1, 0.15) is 5.82 Å². The van der Waals surface area contributed by atoms with Crippen LogP contribution in [0.25, 0.3) is 0 Å². The zero-order valence-corrected chi connectivity index (χ0v) is 11.3. The van der Waals surface area contributed by atoms with E-state index in [1.165, 1.54) is 12.1 Å². The fourth-order valence-corrected chi connectivity index (χ4v) is 2.25. The molecule has 2 aromatic rings. The summed E-state index contributed by atoms with van der Waals surface area (Å²) < 4.78 is 13.7. The van der Waals surface area contributed by atoms with E-state index in [4.69, 9.17) is 17.4 Å². The highest BCUT2D eigenvalue weighted by Gasteiger charge is 2.15. The first-order valence-electron chi connectivity index (χ1n) is 5.92. The maximum atomic E-state index is 13.7. The van der Waals surface area contributed by atoms with E-state index in [0.29, 0.717) is 17.0 Å². The van der Waals surface area contributed by atoms with Crippen LogP contribution in [0.5, 0.6) is 0 Å². The average molecular weight is 280 g/mol. The Morgan fingerprint density at radius 2 is 2.21 bits per heavy atom. The highest BCUT2D eigenvalue weighted by atomic mass is 35.5. The number of hydrogen-bond donors (Lipinski definition) is 2. The van der Waals surface area contributed by atoms with Gasteiger partial charge in [0.05, 0.1) is 6.04 Å². The lowest BCUT2D eigenvalue weighted by atomic mass is 9.97. The minimum Gasteiger partial charge on any atom is -0.271 e. The zero-order valence-electron chi connectivity index (χ0n) is 10.5. The minimum absolute atomic E-state index is 0.184. The first-order chi connectivity index (χ1) is 9.11. The minimum atomic E-state index is -0.281. The Balaban J connectivity index is 2.29. The van der Waals surface area contributed by atoms with Crippen molar-refractivity contribution in [3.8, 4) is 0 Å². The summed E-state index contributed by atoms with van der Waals surface area (Å²) in [6.45, 7) is 1.95. The summed E-state index contributed by atoms with van der Waals surface area (Å²) in [5, 5.41) is 0.513. The molecule has 3 N–H and O–H groups in total. The molecule has 0 aliphatic rings. The third kappa shape index (κ3) is 3.29. The van der Waals surface area contributed by atoms with E-state index >= 15 is 0 Å². The molecule has 1 aromatic heterocycles. The van der Waals surface area contributed by atoms with Gasteiger partial charge in [0.25, 0.3) is 0 Å². The highest BCUT2D eigenvalue weighted by molar-refractivity contribution is 6.30. The molecule has 19 heavy (non-hydrogen) atoms. The molecule has 0 radical (unpaired) electrons. The second-order valence-electron chi connectivity index (χ2n) is 4.39. The lowest BCUT2D eigenvalue weighted by molar-refractivity contribution is 0.527. The highest BCUT2D eigenvalue weighted by Crippen LogP contribution is 2.23. The Bertz CT molecular complexity index is 574. The Morgan fingerprint density at radius 3 is 2.89 bits per heavy atom. The largest absolute Gasteiger partial charge is 0.271 e.